The minimum absolute atomic E-state index is 0.00655. The lowest BCUT2D eigenvalue weighted by molar-refractivity contribution is -0.116. The molecule has 0 spiro atoms. The summed E-state index contributed by atoms with van der Waals surface area (Å²) in [5.74, 6) is 0.00778. The minimum Gasteiger partial charge on any atom is -0.326 e. The van der Waals surface area contributed by atoms with Gasteiger partial charge >= 0.3 is 0 Å². The summed E-state index contributed by atoms with van der Waals surface area (Å²) < 4.78 is 14.1. The lowest BCUT2D eigenvalue weighted by atomic mass is 9.91. The smallest absolute Gasteiger partial charge is 0.224 e. The molecule has 1 aromatic carbocycles. The van der Waals surface area contributed by atoms with Crippen LogP contribution in [0.5, 0.6) is 0 Å². The van der Waals surface area contributed by atoms with Gasteiger partial charge in [0.15, 0.2) is 0 Å². The number of aryl methyl sites for hydroxylation is 1. The molecule has 3 nitrogen and oxygen atoms in total. The van der Waals surface area contributed by atoms with Crippen LogP contribution < -0.4 is 10.6 Å². The number of carbonyl (C=O) groups excluding carboxylic acids is 1. The van der Waals surface area contributed by atoms with Crippen LogP contribution in [-0.4, -0.2) is 13.0 Å². The summed E-state index contributed by atoms with van der Waals surface area (Å²) in [4.78, 5) is 11.3. The number of hydrogen-bond acceptors (Lipinski definition) is 2. The van der Waals surface area contributed by atoms with Crippen molar-refractivity contribution in [1.29, 1.82) is 0 Å². The van der Waals surface area contributed by atoms with Crippen LogP contribution in [0.1, 0.15) is 37.4 Å². The summed E-state index contributed by atoms with van der Waals surface area (Å²) >= 11 is 0. The SMILES string of the molecule is CNC(c1cc2c(cc1F)NC(=O)CC2)C(C)C. The van der Waals surface area contributed by atoms with Crippen molar-refractivity contribution < 1.29 is 9.18 Å². The van der Waals surface area contributed by atoms with Gasteiger partial charge in [0.2, 0.25) is 5.91 Å². The van der Waals surface area contributed by atoms with E-state index in [0.717, 1.165) is 5.56 Å². The van der Waals surface area contributed by atoms with E-state index >= 15 is 0 Å². The molecule has 18 heavy (non-hydrogen) atoms. The second kappa shape index (κ2) is 5.06. The summed E-state index contributed by atoms with van der Waals surface area (Å²) in [5.41, 5.74) is 2.32. The van der Waals surface area contributed by atoms with Gasteiger partial charge in [0.05, 0.1) is 0 Å². The fourth-order valence-corrected chi connectivity index (χ4v) is 2.51. The van der Waals surface area contributed by atoms with Crippen LogP contribution in [0.25, 0.3) is 0 Å². The Morgan fingerprint density at radius 1 is 1.33 bits per heavy atom. The molecule has 0 radical (unpaired) electrons. The largest absolute Gasteiger partial charge is 0.326 e. The molecule has 0 bridgehead atoms. The van der Waals surface area contributed by atoms with E-state index in [0.29, 0.717) is 30.0 Å². The standard InChI is InChI=1S/C14H19FN2O/c1-8(2)14(16-3)10-6-9-4-5-13(18)17-12(9)7-11(10)15/h6-8,14,16H,4-5H2,1-3H3,(H,17,18). The van der Waals surface area contributed by atoms with E-state index in [2.05, 4.69) is 24.5 Å². The fourth-order valence-electron chi connectivity index (χ4n) is 2.51. The molecule has 0 saturated carbocycles. The van der Waals surface area contributed by atoms with Gasteiger partial charge in [-0.05, 0) is 37.1 Å². The van der Waals surface area contributed by atoms with Crippen LogP contribution in [-0.2, 0) is 11.2 Å². The highest BCUT2D eigenvalue weighted by Crippen LogP contribution is 2.31. The summed E-state index contributed by atoms with van der Waals surface area (Å²) in [6, 6.07) is 3.31. The predicted molar refractivity (Wildman–Crippen MR) is 70.0 cm³/mol. The third kappa shape index (κ3) is 2.38. The molecule has 1 aliphatic heterocycles. The van der Waals surface area contributed by atoms with Crippen molar-refractivity contribution in [3.63, 3.8) is 0 Å². The predicted octanol–water partition coefficient (Wildman–Crippen LogP) is 2.63. The highest BCUT2D eigenvalue weighted by atomic mass is 19.1. The lowest BCUT2D eigenvalue weighted by Gasteiger charge is -2.24. The molecule has 1 aliphatic rings. The third-order valence-electron chi connectivity index (χ3n) is 3.43. The summed E-state index contributed by atoms with van der Waals surface area (Å²) in [5, 5.41) is 5.86. The van der Waals surface area contributed by atoms with Gasteiger partial charge in [-0.25, -0.2) is 4.39 Å². The van der Waals surface area contributed by atoms with Gasteiger partial charge in [-0.3, -0.25) is 4.79 Å². The quantitative estimate of drug-likeness (QED) is 0.866. The van der Waals surface area contributed by atoms with Gasteiger partial charge in [0, 0.05) is 23.7 Å². The average molecular weight is 250 g/mol. The van der Waals surface area contributed by atoms with E-state index in [4.69, 9.17) is 0 Å². The van der Waals surface area contributed by atoms with Crippen molar-refractivity contribution in [2.45, 2.75) is 32.7 Å². The maximum absolute atomic E-state index is 14.1. The average Bonchev–Trinajstić information content (AvgIpc) is 2.30. The van der Waals surface area contributed by atoms with Gasteiger partial charge in [0.1, 0.15) is 5.82 Å². The fraction of sp³-hybridized carbons (Fsp3) is 0.500. The first-order valence-corrected chi connectivity index (χ1v) is 6.32. The Kier molecular flexibility index (Phi) is 3.66. The first-order chi connectivity index (χ1) is 8.52. The number of carbonyl (C=O) groups is 1. The van der Waals surface area contributed by atoms with Crippen LogP contribution >= 0.6 is 0 Å². The molecular weight excluding hydrogens is 231 g/mol. The number of fused-ring (bicyclic) bond motifs is 1. The number of amides is 1. The molecule has 1 heterocycles. The van der Waals surface area contributed by atoms with E-state index in [-0.39, 0.29) is 17.8 Å². The number of hydrogen-bond donors (Lipinski definition) is 2. The molecule has 1 unspecified atom stereocenters. The topological polar surface area (TPSA) is 41.1 Å². The second-order valence-electron chi connectivity index (χ2n) is 5.09. The molecule has 1 aromatic rings. The van der Waals surface area contributed by atoms with Crippen molar-refractivity contribution in [3.05, 3.63) is 29.1 Å². The first kappa shape index (κ1) is 13.0. The van der Waals surface area contributed by atoms with E-state index < -0.39 is 0 Å². The maximum atomic E-state index is 14.1. The van der Waals surface area contributed by atoms with Gasteiger partial charge in [0.25, 0.3) is 0 Å². The van der Waals surface area contributed by atoms with Crippen LogP contribution in [0.15, 0.2) is 12.1 Å². The van der Waals surface area contributed by atoms with Gasteiger partial charge in [-0.2, -0.15) is 0 Å². The number of nitrogens with one attached hydrogen (secondary N) is 2. The zero-order chi connectivity index (χ0) is 13.3. The molecule has 4 heteroatoms. The van der Waals surface area contributed by atoms with Crippen LogP contribution in [0.2, 0.25) is 0 Å². The van der Waals surface area contributed by atoms with Crippen molar-refractivity contribution in [1.82, 2.24) is 5.32 Å². The molecule has 2 N–H and O–H groups in total. The number of anilines is 1. The summed E-state index contributed by atoms with van der Waals surface area (Å²) in [6.07, 6.45) is 1.16. The number of rotatable bonds is 3. The molecule has 1 atom stereocenters. The molecule has 98 valence electrons. The van der Waals surface area contributed by atoms with E-state index in [1.807, 2.05) is 13.1 Å². The zero-order valence-corrected chi connectivity index (χ0v) is 11.0. The molecule has 2 rings (SSSR count). The Balaban J connectivity index is 2.41. The molecule has 0 aliphatic carbocycles. The third-order valence-corrected chi connectivity index (χ3v) is 3.43. The van der Waals surface area contributed by atoms with Gasteiger partial charge in [-0.15, -0.1) is 0 Å². The Bertz CT molecular complexity index is 471. The zero-order valence-electron chi connectivity index (χ0n) is 11.0. The summed E-state index contributed by atoms with van der Waals surface area (Å²) in [7, 11) is 1.84. The van der Waals surface area contributed by atoms with E-state index in [1.54, 1.807) is 0 Å². The second-order valence-corrected chi connectivity index (χ2v) is 5.09. The molecule has 0 fully saturated rings. The molecular formula is C14H19FN2O. The Morgan fingerprint density at radius 2 is 2.06 bits per heavy atom. The summed E-state index contributed by atoms with van der Waals surface area (Å²) in [6.45, 7) is 4.11. The highest BCUT2D eigenvalue weighted by Gasteiger charge is 2.22. The van der Waals surface area contributed by atoms with Crippen LogP contribution in [0.3, 0.4) is 0 Å². The van der Waals surface area contributed by atoms with Gasteiger partial charge < -0.3 is 10.6 Å². The van der Waals surface area contributed by atoms with Crippen molar-refractivity contribution >= 4 is 11.6 Å². The normalized spacial score (nSPS) is 16.4. The minimum atomic E-state index is -0.260. The lowest BCUT2D eigenvalue weighted by Crippen LogP contribution is -2.25. The van der Waals surface area contributed by atoms with Crippen molar-refractivity contribution in [3.8, 4) is 0 Å². The Hall–Kier alpha value is -1.42. The highest BCUT2D eigenvalue weighted by molar-refractivity contribution is 5.93. The van der Waals surface area contributed by atoms with Gasteiger partial charge in [-0.1, -0.05) is 13.8 Å². The number of benzene rings is 1. The van der Waals surface area contributed by atoms with Crippen LogP contribution in [0.4, 0.5) is 10.1 Å². The molecule has 1 amide bonds. The van der Waals surface area contributed by atoms with E-state index in [9.17, 15) is 9.18 Å². The Labute approximate surface area is 107 Å². The van der Waals surface area contributed by atoms with Crippen molar-refractivity contribution in [2.24, 2.45) is 5.92 Å². The monoisotopic (exact) mass is 250 g/mol. The molecule has 0 aromatic heterocycles. The van der Waals surface area contributed by atoms with Crippen LogP contribution in [0, 0.1) is 11.7 Å². The Morgan fingerprint density at radius 3 is 2.67 bits per heavy atom. The maximum Gasteiger partial charge on any atom is 0.224 e. The van der Waals surface area contributed by atoms with Crippen molar-refractivity contribution in [2.75, 3.05) is 12.4 Å². The number of halogens is 1. The first-order valence-electron chi connectivity index (χ1n) is 6.32. The molecule has 0 saturated heterocycles. The van der Waals surface area contributed by atoms with E-state index in [1.165, 1.54) is 6.07 Å².